The molecule has 0 saturated carbocycles. The summed E-state index contributed by atoms with van der Waals surface area (Å²) < 4.78 is 17.6. The predicted molar refractivity (Wildman–Crippen MR) is 46.4 cm³/mol. The second kappa shape index (κ2) is 5.79. The molecule has 5 heteroatoms. The van der Waals surface area contributed by atoms with Gasteiger partial charge in [0, 0.05) is 23.5 Å². The molecule has 15 heavy (non-hydrogen) atoms. The van der Waals surface area contributed by atoms with Crippen molar-refractivity contribution < 1.29 is 37.9 Å². The van der Waals surface area contributed by atoms with Crippen molar-refractivity contribution in [3.63, 3.8) is 0 Å². The van der Waals surface area contributed by atoms with Gasteiger partial charge < -0.3 is 14.6 Å². The third kappa shape index (κ3) is 3.26. The van der Waals surface area contributed by atoms with Crippen LogP contribution in [0.4, 0.5) is 4.39 Å². The van der Waals surface area contributed by atoms with Crippen LogP contribution in [0.2, 0.25) is 0 Å². The minimum atomic E-state index is -1.21. The Labute approximate surface area is 99.4 Å². The number of methoxy groups -OCH3 is 1. The Bertz CT molecular complexity index is 355. The molecule has 0 radical (unpaired) electrons. The van der Waals surface area contributed by atoms with E-state index in [4.69, 9.17) is 4.74 Å². The number of rotatable bonds is 3. The number of carbonyl (C=O) groups excluding carboxylic acids is 1. The number of aliphatic carboxylic acids is 1. The van der Waals surface area contributed by atoms with Crippen LogP contribution in [-0.2, 0) is 4.79 Å². The van der Waals surface area contributed by atoms with Gasteiger partial charge in [-0.3, -0.25) is 0 Å². The Kier molecular flexibility index (Phi) is 5.41. The van der Waals surface area contributed by atoms with Gasteiger partial charge in [0.25, 0.3) is 0 Å². The van der Waals surface area contributed by atoms with Crippen LogP contribution in [0.3, 0.4) is 0 Å². The van der Waals surface area contributed by atoms with Crippen molar-refractivity contribution in [2.45, 2.75) is 12.8 Å². The van der Waals surface area contributed by atoms with Crippen molar-refractivity contribution in [3.8, 4) is 5.75 Å². The standard InChI is InChI=1S/C10H11FO3.Li/c1-6(10(12)13)8-4-3-7(11)5-9(8)14-2;/h3-6H,1-2H3,(H,12,13);/q;+1/p-1. The third-order valence-electron chi connectivity index (χ3n) is 2.02. The minimum Gasteiger partial charge on any atom is -0.550 e. The molecule has 1 rings (SSSR count). The van der Waals surface area contributed by atoms with Gasteiger partial charge in [0.2, 0.25) is 0 Å². The van der Waals surface area contributed by atoms with Crippen LogP contribution in [0.1, 0.15) is 18.4 Å². The van der Waals surface area contributed by atoms with E-state index in [9.17, 15) is 14.3 Å². The predicted octanol–water partition coefficient (Wildman–Crippen LogP) is -2.31. The summed E-state index contributed by atoms with van der Waals surface area (Å²) in [4.78, 5) is 10.6. The Morgan fingerprint density at radius 3 is 2.60 bits per heavy atom. The number of carbonyl (C=O) groups is 1. The molecule has 1 atom stereocenters. The average molecular weight is 204 g/mol. The molecular weight excluding hydrogens is 194 g/mol. The summed E-state index contributed by atoms with van der Waals surface area (Å²) in [7, 11) is 1.36. The molecule has 1 unspecified atom stereocenters. The van der Waals surface area contributed by atoms with E-state index in [0.29, 0.717) is 5.56 Å². The molecule has 0 aliphatic rings. The SMILES string of the molecule is COc1cc(F)ccc1C(C)C(=O)[O-].[Li+]. The van der Waals surface area contributed by atoms with E-state index >= 15 is 0 Å². The van der Waals surface area contributed by atoms with Crippen LogP contribution in [0.5, 0.6) is 5.75 Å². The fraction of sp³-hybridized carbons (Fsp3) is 0.300. The van der Waals surface area contributed by atoms with E-state index in [1.54, 1.807) is 0 Å². The van der Waals surface area contributed by atoms with Crippen molar-refractivity contribution in [1.29, 1.82) is 0 Å². The first-order valence-electron chi connectivity index (χ1n) is 4.10. The normalized spacial score (nSPS) is 11.4. The average Bonchev–Trinajstić information content (AvgIpc) is 2.16. The molecule has 0 aromatic heterocycles. The van der Waals surface area contributed by atoms with Gasteiger partial charge in [0.05, 0.1) is 7.11 Å². The van der Waals surface area contributed by atoms with Crippen LogP contribution < -0.4 is 28.7 Å². The molecule has 0 bridgehead atoms. The van der Waals surface area contributed by atoms with Crippen molar-refractivity contribution in [2.75, 3.05) is 7.11 Å². The molecular formula is C10H10FLiO3. The van der Waals surface area contributed by atoms with E-state index in [2.05, 4.69) is 0 Å². The number of hydrogen-bond donors (Lipinski definition) is 0. The summed E-state index contributed by atoms with van der Waals surface area (Å²) in [5.41, 5.74) is 0.411. The van der Waals surface area contributed by atoms with E-state index in [1.165, 1.54) is 26.2 Å². The quantitative estimate of drug-likeness (QED) is 0.520. The second-order valence-corrected chi connectivity index (χ2v) is 2.93. The van der Waals surface area contributed by atoms with E-state index < -0.39 is 17.7 Å². The number of carboxylic acid groups (broad SMARTS) is 1. The topological polar surface area (TPSA) is 49.4 Å². The van der Waals surface area contributed by atoms with E-state index in [0.717, 1.165) is 6.07 Å². The Morgan fingerprint density at radius 2 is 2.13 bits per heavy atom. The maximum Gasteiger partial charge on any atom is 1.00 e. The van der Waals surface area contributed by atoms with Crippen molar-refractivity contribution in [1.82, 2.24) is 0 Å². The molecule has 0 spiro atoms. The van der Waals surface area contributed by atoms with Crippen LogP contribution in [0.25, 0.3) is 0 Å². The monoisotopic (exact) mass is 204 g/mol. The second-order valence-electron chi connectivity index (χ2n) is 2.93. The van der Waals surface area contributed by atoms with Crippen LogP contribution in [0, 0.1) is 5.82 Å². The maximum atomic E-state index is 12.8. The Balaban J connectivity index is 0.00000196. The molecule has 0 aliphatic heterocycles. The summed E-state index contributed by atoms with van der Waals surface area (Å²) >= 11 is 0. The van der Waals surface area contributed by atoms with Gasteiger partial charge in [-0.05, 0) is 6.07 Å². The van der Waals surface area contributed by atoms with Crippen LogP contribution >= 0.6 is 0 Å². The van der Waals surface area contributed by atoms with Gasteiger partial charge in [0.1, 0.15) is 11.6 Å². The first-order valence-corrected chi connectivity index (χ1v) is 4.10. The third-order valence-corrected chi connectivity index (χ3v) is 2.02. The largest absolute Gasteiger partial charge is 1.00 e. The summed E-state index contributed by atoms with van der Waals surface area (Å²) in [5.74, 6) is -2.27. The molecule has 0 N–H and O–H groups in total. The zero-order chi connectivity index (χ0) is 10.7. The molecule has 0 fully saturated rings. The zero-order valence-electron chi connectivity index (χ0n) is 8.91. The molecule has 0 aliphatic carbocycles. The summed E-state index contributed by atoms with van der Waals surface area (Å²) in [6.07, 6.45) is 0. The zero-order valence-corrected chi connectivity index (χ0v) is 8.91. The minimum absolute atomic E-state index is 0. The first-order chi connectivity index (χ1) is 6.56. The number of carboxylic acids is 1. The molecule has 1 aromatic carbocycles. The smallest absolute Gasteiger partial charge is 0.550 e. The van der Waals surface area contributed by atoms with Gasteiger partial charge in [-0.2, -0.15) is 0 Å². The number of benzene rings is 1. The van der Waals surface area contributed by atoms with Gasteiger partial charge in [-0.15, -0.1) is 0 Å². The summed E-state index contributed by atoms with van der Waals surface area (Å²) in [6, 6.07) is 3.72. The Hall–Kier alpha value is -0.983. The van der Waals surface area contributed by atoms with E-state index in [-0.39, 0.29) is 24.6 Å². The first kappa shape index (κ1) is 14.0. The van der Waals surface area contributed by atoms with Gasteiger partial charge >= 0.3 is 18.9 Å². The van der Waals surface area contributed by atoms with Crippen molar-refractivity contribution >= 4 is 5.97 Å². The van der Waals surface area contributed by atoms with Crippen LogP contribution in [0.15, 0.2) is 18.2 Å². The number of halogens is 1. The fourth-order valence-electron chi connectivity index (χ4n) is 1.17. The molecule has 1 aromatic rings. The molecule has 76 valence electrons. The Morgan fingerprint density at radius 1 is 1.53 bits per heavy atom. The maximum absolute atomic E-state index is 12.8. The van der Waals surface area contributed by atoms with Crippen LogP contribution in [-0.4, -0.2) is 13.1 Å². The molecule has 0 heterocycles. The van der Waals surface area contributed by atoms with Crippen molar-refractivity contribution in [2.24, 2.45) is 0 Å². The number of ether oxygens (including phenoxy) is 1. The van der Waals surface area contributed by atoms with Crippen molar-refractivity contribution in [3.05, 3.63) is 29.6 Å². The molecule has 3 nitrogen and oxygen atoms in total. The van der Waals surface area contributed by atoms with Gasteiger partial charge in [-0.1, -0.05) is 13.0 Å². The van der Waals surface area contributed by atoms with E-state index in [1.807, 2.05) is 0 Å². The summed E-state index contributed by atoms with van der Waals surface area (Å²) in [5, 5.41) is 10.6. The molecule has 0 saturated heterocycles. The van der Waals surface area contributed by atoms with Gasteiger partial charge in [-0.25, -0.2) is 4.39 Å². The fourth-order valence-corrected chi connectivity index (χ4v) is 1.17. The molecule has 0 amide bonds. The summed E-state index contributed by atoms with van der Waals surface area (Å²) in [6.45, 7) is 1.46. The number of hydrogen-bond acceptors (Lipinski definition) is 3. The van der Waals surface area contributed by atoms with Gasteiger partial charge in [0.15, 0.2) is 0 Å².